The van der Waals surface area contributed by atoms with Crippen molar-refractivity contribution in [3.8, 4) is 0 Å². The van der Waals surface area contributed by atoms with E-state index in [0.717, 1.165) is 38.5 Å². The number of hydrogen-bond acceptors (Lipinski definition) is 18. The first-order valence-corrected chi connectivity index (χ1v) is 35.2. The van der Waals surface area contributed by atoms with Gasteiger partial charge in [0.1, 0.15) is 73.2 Å². The highest BCUT2D eigenvalue weighted by atomic mass is 16.8. The number of nitrogens with one attached hydrogen (secondary N) is 1. The molecular formula is C69H127NO18. The van der Waals surface area contributed by atoms with Crippen LogP contribution in [-0.2, 0) is 33.2 Å². The normalized spacial score (nSPS) is 28.6. The first-order valence-electron chi connectivity index (χ1n) is 35.2. The monoisotopic (exact) mass is 1260 g/mol. The quantitative estimate of drug-likeness (QED) is 0.0199. The zero-order valence-electron chi connectivity index (χ0n) is 54.5. The molecule has 516 valence electrons. The van der Waals surface area contributed by atoms with Crippen LogP contribution in [0.1, 0.15) is 264 Å². The lowest BCUT2D eigenvalue weighted by atomic mass is 9.96. The number of hydrogen-bond donors (Lipinski definition) is 12. The summed E-state index contributed by atoms with van der Waals surface area (Å²) in [5.74, 6) is -0.283. The largest absolute Gasteiger partial charge is 0.394 e. The van der Waals surface area contributed by atoms with E-state index in [1.54, 1.807) is 6.08 Å². The minimum atomic E-state index is -1.98. The number of ether oxygens (including phenoxy) is 6. The first kappa shape index (κ1) is 80.2. The Morgan fingerprint density at radius 2 is 0.727 bits per heavy atom. The predicted octanol–water partition coefficient (Wildman–Crippen LogP) is 9.22. The van der Waals surface area contributed by atoms with Crippen LogP contribution in [-0.4, -0.2) is 193 Å². The average Bonchev–Trinajstić information content (AvgIpc) is 3.70. The molecule has 3 saturated heterocycles. The van der Waals surface area contributed by atoms with Crippen LogP contribution in [0.4, 0.5) is 0 Å². The van der Waals surface area contributed by atoms with Gasteiger partial charge in [-0.25, -0.2) is 0 Å². The third-order valence-corrected chi connectivity index (χ3v) is 17.7. The van der Waals surface area contributed by atoms with Gasteiger partial charge in [-0.15, -0.1) is 0 Å². The molecule has 0 spiro atoms. The number of allylic oxidation sites excluding steroid dienone is 5. The summed E-state index contributed by atoms with van der Waals surface area (Å²) in [6.07, 6.45) is 32.7. The Hall–Kier alpha value is -1.99. The number of carbonyl (C=O) groups is 1. The molecule has 3 heterocycles. The van der Waals surface area contributed by atoms with E-state index in [4.69, 9.17) is 28.4 Å². The molecule has 19 nitrogen and oxygen atoms in total. The number of amides is 1. The zero-order valence-corrected chi connectivity index (χ0v) is 54.5. The highest BCUT2D eigenvalue weighted by Crippen LogP contribution is 2.33. The Morgan fingerprint density at radius 1 is 0.398 bits per heavy atom. The van der Waals surface area contributed by atoms with Crippen molar-refractivity contribution in [2.24, 2.45) is 0 Å². The fourth-order valence-corrected chi connectivity index (χ4v) is 11.9. The van der Waals surface area contributed by atoms with Crippen molar-refractivity contribution in [1.82, 2.24) is 5.32 Å². The molecule has 19 heteroatoms. The van der Waals surface area contributed by atoms with Crippen LogP contribution in [0.3, 0.4) is 0 Å². The minimum absolute atomic E-state index is 0.237. The lowest BCUT2D eigenvalue weighted by Crippen LogP contribution is -2.66. The number of rotatable bonds is 54. The van der Waals surface area contributed by atoms with Crippen LogP contribution < -0.4 is 5.32 Å². The van der Waals surface area contributed by atoms with Gasteiger partial charge in [0, 0.05) is 6.42 Å². The van der Waals surface area contributed by atoms with E-state index in [1.165, 1.54) is 193 Å². The molecule has 0 aromatic carbocycles. The summed E-state index contributed by atoms with van der Waals surface area (Å²) < 4.78 is 34.3. The molecule has 3 fully saturated rings. The van der Waals surface area contributed by atoms with Gasteiger partial charge < -0.3 is 89.9 Å². The molecule has 3 aliphatic heterocycles. The molecule has 0 aromatic rings. The Morgan fingerprint density at radius 3 is 1.14 bits per heavy atom. The van der Waals surface area contributed by atoms with E-state index in [0.29, 0.717) is 12.8 Å². The first-order chi connectivity index (χ1) is 42.8. The fraction of sp³-hybridized carbons (Fsp3) is 0.899. The van der Waals surface area contributed by atoms with Gasteiger partial charge >= 0.3 is 0 Å². The number of aliphatic hydroxyl groups is 11. The van der Waals surface area contributed by atoms with E-state index in [9.17, 15) is 61.0 Å². The van der Waals surface area contributed by atoms with Gasteiger partial charge in [-0.1, -0.05) is 237 Å². The summed E-state index contributed by atoms with van der Waals surface area (Å²) in [5.41, 5.74) is 0. The van der Waals surface area contributed by atoms with Gasteiger partial charge in [0.25, 0.3) is 0 Å². The van der Waals surface area contributed by atoms with Crippen molar-refractivity contribution in [2.45, 2.75) is 369 Å². The van der Waals surface area contributed by atoms with E-state index in [1.807, 2.05) is 6.08 Å². The molecular weight excluding hydrogens is 1130 g/mol. The van der Waals surface area contributed by atoms with E-state index in [-0.39, 0.29) is 18.9 Å². The van der Waals surface area contributed by atoms with E-state index < -0.39 is 124 Å². The SMILES string of the molecule is CCCCCCCCCC/C=C\CCCCCCCCCCCCCCCC(=O)NC(COC1OC(CO)C(OC2OC(CO)C(OC3OC(CO)C(O)C(O)C3O)C(O)C2O)C(O)C1O)C(O)/C=C/CC/C=C/CCCCCCCCCCCCCC. The second-order valence-electron chi connectivity index (χ2n) is 25.3. The maximum atomic E-state index is 13.4. The highest BCUT2D eigenvalue weighted by molar-refractivity contribution is 5.76. The molecule has 12 N–H and O–H groups in total. The molecule has 88 heavy (non-hydrogen) atoms. The van der Waals surface area contributed by atoms with Crippen molar-refractivity contribution in [3.63, 3.8) is 0 Å². The van der Waals surface area contributed by atoms with Crippen LogP contribution >= 0.6 is 0 Å². The summed E-state index contributed by atoms with van der Waals surface area (Å²) in [4.78, 5) is 13.4. The lowest BCUT2D eigenvalue weighted by molar-refractivity contribution is -0.379. The molecule has 17 atom stereocenters. The molecule has 3 aliphatic rings. The molecule has 0 aromatic heterocycles. The third kappa shape index (κ3) is 33.2. The Bertz CT molecular complexity index is 1740. The average molecular weight is 1260 g/mol. The lowest BCUT2D eigenvalue weighted by Gasteiger charge is -2.48. The molecule has 0 bridgehead atoms. The van der Waals surface area contributed by atoms with E-state index >= 15 is 0 Å². The number of unbranched alkanes of at least 4 members (excludes halogenated alkanes) is 34. The number of aliphatic hydroxyl groups excluding tert-OH is 11. The van der Waals surface area contributed by atoms with Crippen molar-refractivity contribution in [3.05, 3.63) is 36.5 Å². The second-order valence-corrected chi connectivity index (χ2v) is 25.3. The van der Waals surface area contributed by atoms with Crippen molar-refractivity contribution in [2.75, 3.05) is 26.4 Å². The minimum Gasteiger partial charge on any atom is -0.394 e. The predicted molar refractivity (Wildman–Crippen MR) is 342 cm³/mol. The van der Waals surface area contributed by atoms with Crippen LogP contribution in [0.25, 0.3) is 0 Å². The number of carbonyl (C=O) groups excluding carboxylic acids is 1. The molecule has 0 radical (unpaired) electrons. The summed E-state index contributed by atoms with van der Waals surface area (Å²) in [6, 6.07) is -0.989. The molecule has 17 unspecified atom stereocenters. The highest BCUT2D eigenvalue weighted by Gasteiger charge is 2.53. The van der Waals surface area contributed by atoms with Gasteiger partial charge in [0.2, 0.25) is 5.91 Å². The van der Waals surface area contributed by atoms with Crippen LogP contribution in [0, 0.1) is 0 Å². The summed E-state index contributed by atoms with van der Waals surface area (Å²) in [5, 5.41) is 120. The summed E-state index contributed by atoms with van der Waals surface area (Å²) in [7, 11) is 0. The van der Waals surface area contributed by atoms with Crippen molar-refractivity contribution >= 4 is 5.91 Å². The zero-order chi connectivity index (χ0) is 64.0. The van der Waals surface area contributed by atoms with Crippen LogP contribution in [0.15, 0.2) is 36.5 Å². The van der Waals surface area contributed by atoms with Gasteiger partial charge in [0.15, 0.2) is 18.9 Å². The molecule has 3 rings (SSSR count). The van der Waals surface area contributed by atoms with Crippen molar-refractivity contribution < 1.29 is 89.4 Å². The summed E-state index contributed by atoms with van der Waals surface area (Å²) >= 11 is 0. The maximum Gasteiger partial charge on any atom is 0.220 e. The molecule has 1 amide bonds. The Balaban J connectivity index is 1.44. The van der Waals surface area contributed by atoms with Gasteiger partial charge in [-0.05, 0) is 57.8 Å². The van der Waals surface area contributed by atoms with Gasteiger partial charge in [0.05, 0.1) is 38.6 Å². The topological polar surface area (TPSA) is 307 Å². The van der Waals surface area contributed by atoms with Crippen LogP contribution in [0.5, 0.6) is 0 Å². The van der Waals surface area contributed by atoms with Crippen LogP contribution in [0.2, 0.25) is 0 Å². The van der Waals surface area contributed by atoms with Gasteiger partial charge in [-0.2, -0.15) is 0 Å². The Kier molecular flexibility index (Phi) is 46.9. The Labute approximate surface area is 530 Å². The van der Waals surface area contributed by atoms with Gasteiger partial charge in [-0.3, -0.25) is 4.79 Å². The van der Waals surface area contributed by atoms with E-state index in [2.05, 4.69) is 43.5 Å². The fourth-order valence-electron chi connectivity index (χ4n) is 11.9. The van der Waals surface area contributed by atoms with Crippen molar-refractivity contribution in [1.29, 1.82) is 0 Å². The molecule has 0 aliphatic carbocycles. The maximum absolute atomic E-state index is 13.4. The standard InChI is InChI=1S/C69H127NO18/c1-3-5-7-9-11-13-15-17-19-21-23-24-25-26-27-28-29-31-33-35-37-39-41-43-45-47-57(75)70-52(53(74)46-44-42-40-38-36-34-32-30-22-20-18-16-14-12-10-8-6-4-2)51-83-67-63(81)60(78)65(55(49-72)85-67)88-69-64(82)61(79)66(56(50-73)86-69)87-68-62(80)59(77)58(76)54(48-71)84-68/h21,23,36,38,44,46,52-56,58-69,71-74,76-82H,3-20,22,24-35,37,39-43,45,47-51H2,1-2H3,(H,70,75)/b23-21-,38-36+,46-44+. The summed E-state index contributed by atoms with van der Waals surface area (Å²) in [6.45, 7) is 1.73. The second kappa shape index (κ2) is 51.4. The third-order valence-electron chi connectivity index (χ3n) is 17.7. The smallest absolute Gasteiger partial charge is 0.220 e. The molecule has 0 saturated carbocycles.